The van der Waals surface area contributed by atoms with Crippen molar-refractivity contribution in [2.24, 2.45) is 11.8 Å². The van der Waals surface area contributed by atoms with Crippen molar-refractivity contribution in [2.45, 2.75) is 26.2 Å². The van der Waals surface area contributed by atoms with E-state index in [2.05, 4.69) is 15.5 Å². The first kappa shape index (κ1) is 18.8. The molecule has 1 saturated heterocycles. The highest BCUT2D eigenvalue weighted by atomic mass is 35.5. The van der Waals surface area contributed by atoms with Gasteiger partial charge in [-0.2, -0.15) is 0 Å². The predicted molar refractivity (Wildman–Crippen MR) is 113 cm³/mol. The number of carbonyl (C=O) groups is 2. The molecule has 2 aliphatic rings. The van der Waals surface area contributed by atoms with Gasteiger partial charge in [-0.25, -0.2) is 0 Å². The molecule has 5 nitrogen and oxygen atoms in total. The van der Waals surface area contributed by atoms with Crippen molar-refractivity contribution in [3.8, 4) is 0 Å². The summed E-state index contributed by atoms with van der Waals surface area (Å²) in [5.41, 5.74) is 3.49. The molecule has 0 radical (unpaired) electrons. The first-order chi connectivity index (χ1) is 13.5. The van der Waals surface area contributed by atoms with E-state index in [1.165, 1.54) is 18.5 Å². The third-order valence-electron chi connectivity index (χ3n) is 5.60. The van der Waals surface area contributed by atoms with Crippen LogP contribution in [0.2, 0.25) is 5.02 Å². The third-order valence-corrected chi connectivity index (χ3v) is 6.01. The summed E-state index contributed by atoms with van der Waals surface area (Å²) in [5.74, 6) is -0.799. The summed E-state index contributed by atoms with van der Waals surface area (Å²) in [6.07, 6.45) is 3.04. The zero-order chi connectivity index (χ0) is 19.7. The Hall–Kier alpha value is -2.53. The van der Waals surface area contributed by atoms with Crippen LogP contribution in [0.15, 0.2) is 42.5 Å². The molecule has 6 heteroatoms. The van der Waals surface area contributed by atoms with E-state index >= 15 is 0 Å². The Labute approximate surface area is 170 Å². The molecule has 4 rings (SSSR count). The molecule has 0 bridgehead atoms. The van der Waals surface area contributed by atoms with Gasteiger partial charge in [-0.1, -0.05) is 17.7 Å². The monoisotopic (exact) mass is 397 g/mol. The van der Waals surface area contributed by atoms with Gasteiger partial charge in [-0.15, -0.1) is 0 Å². The maximum atomic E-state index is 12.5. The summed E-state index contributed by atoms with van der Waals surface area (Å²) in [5, 5.41) is 6.44. The molecule has 2 unspecified atom stereocenters. The highest BCUT2D eigenvalue weighted by Gasteiger charge is 2.48. The highest BCUT2D eigenvalue weighted by Crippen LogP contribution is 2.40. The summed E-state index contributed by atoms with van der Waals surface area (Å²) in [4.78, 5) is 27.3. The number of anilines is 3. The third kappa shape index (κ3) is 3.99. The number of benzene rings is 2. The second kappa shape index (κ2) is 7.84. The van der Waals surface area contributed by atoms with Gasteiger partial charge in [0, 0.05) is 35.2 Å². The van der Waals surface area contributed by atoms with Crippen molar-refractivity contribution in [2.75, 3.05) is 28.6 Å². The Bertz CT molecular complexity index is 891. The van der Waals surface area contributed by atoms with E-state index in [4.69, 9.17) is 11.6 Å². The number of rotatable bonds is 5. The number of halogens is 1. The van der Waals surface area contributed by atoms with E-state index in [-0.39, 0.29) is 23.7 Å². The lowest BCUT2D eigenvalue weighted by Crippen LogP contribution is -2.21. The topological polar surface area (TPSA) is 61.4 Å². The van der Waals surface area contributed by atoms with Crippen LogP contribution >= 0.6 is 11.6 Å². The van der Waals surface area contributed by atoms with Gasteiger partial charge in [-0.3, -0.25) is 9.59 Å². The number of hydrogen-bond donors (Lipinski definition) is 2. The van der Waals surface area contributed by atoms with Gasteiger partial charge in [0.05, 0.1) is 11.8 Å². The van der Waals surface area contributed by atoms with Crippen molar-refractivity contribution in [1.29, 1.82) is 0 Å². The lowest BCUT2D eigenvalue weighted by Gasteiger charge is -2.17. The Morgan fingerprint density at radius 1 is 0.964 bits per heavy atom. The molecule has 1 heterocycles. The van der Waals surface area contributed by atoms with Crippen molar-refractivity contribution in [3.63, 3.8) is 0 Å². The smallest absolute Gasteiger partial charge is 0.228 e. The van der Waals surface area contributed by atoms with Crippen molar-refractivity contribution < 1.29 is 9.59 Å². The van der Waals surface area contributed by atoms with Gasteiger partial charge >= 0.3 is 0 Å². The van der Waals surface area contributed by atoms with E-state index in [1.807, 2.05) is 37.3 Å². The van der Waals surface area contributed by atoms with Gasteiger partial charge in [0.2, 0.25) is 11.8 Å². The highest BCUT2D eigenvalue weighted by molar-refractivity contribution is 6.31. The molecule has 1 aliphatic carbocycles. The normalized spacial score (nSPS) is 20.7. The van der Waals surface area contributed by atoms with Gasteiger partial charge < -0.3 is 15.5 Å². The molecule has 2 amide bonds. The molecule has 0 aromatic heterocycles. The van der Waals surface area contributed by atoms with Gasteiger partial charge in [0.1, 0.15) is 0 Å². The Balaban J connectivity index is 1.31. The molecule has 2 aromatic carbocycles. The predicted octanol–water partition coefficient (Wildman–Crippen LogP) is 4.46. The van der Waals surface area contributed by atoms with Crippen molar-refractivity contribution >= 4 is 40.5 Å². The molecule has 1 aliphatic heterocycles. The molecule has 2 fully saturated rings. The minimum absolute atomic E-state index is 0.100. The molecule has 28 heavy (non-hydrogen) atoms. The molecule has 146 valence electrons. The van der Waals surface area contributed by atoms with E-state index in [9.17, 15) is 9.59 Å². The van der Waals surface area contributed by atoms with Crippen LogP contribution in [0.25, 0.3) is 0 Å². The molecule has 2 aromatic rings. The molecule has 1 saturated carbocycles. The van der Waals surface area contributed by atoms with E-state index in [0.29, 0.717) is 17.1 Å². The van der Waals surface area contributed by atoms with Crippen LogP contribution in [0, 0.1) is 18.8 Å². The summed E-state index contributed by atoms with van der Waals surface area (Å²) >= 11 is 6.10. The van der Waals surface area contributed by atoms with Crippen LogP contribution in [-0.4, -0.2) is 24.9 Å². The van der Waals surface area contributed by atoms with Gasteiger partial charge in [0.25, 0.3) is 0 Å². The number of carbonyl (C=O) groups excluding carboxylic acids is 2. The second-order valence-electron chi connectivity index (χ2n) is 7.58. The summed E-state index contributed by atoms with van der Waals surface area (Å²) in [6.45, 7) is 4.05. The first-order valence-corrected chi connectivity index (χ1v) is 10.1. The SMILES string of the molecule is Cc1c(Cl)cccc1NC(=O)C1CC1C(=O)Nc1ccc(N2CCCC2)cc1. The average Bonchev–Trinajstić information content (AvgIpc) is 3.32. The van der Waals surface area contributed by atoms with Crippen LogP contribution < -0.4 is 15.5 Å². The fourth-order valence-corrected chi connectivity index (χ4v) is 3.88. The van der Waals surface area contributed by atoms with Crippen LogP contribution in [0.1, 0.15) is 24.8 Å². The molecular weight excluding hydrogens is 374 g/mol. The standard InChI is InChI=1S/C22H24ClN3O2/c1-14-19(23)5-4-6-20(14)25-22(28)18-13-17(18)21(27)24-15-7-9-16(10-8-15)26-11-2-3-12-26/h4-10,17-18H,2-3,11-13H2,1H3,(H,24,27)(H,25,28). The number of nitrogens with one attached hydrogen (secondary N) is 2. The summed E-state index contributed by atoms with van der Waals surface area (Å²) in [7, 11) is 0. The van der Waals surface area contributed by atoms with Crippen LogP contribution in [0.5, 0.6) is 0 Å². The van der Waals surface area contributed by atoms with E-state index in [1.54, 1.807) is 12.1 Å². The van der Waals surface area contributed by atoms with Gasteiger partial charge in [-0.05, 0) is 68.1 Å². The Morgan fingerprint density at radius 2 is 1.61 bits per heavy atom. The first-order valence-electron chi connectivity index (χ1n) is 9.75. The lowest BCUT2D eigenvalue weighted by molar-refractivity contribution is -0.122. The number of hydrogen-bond acceptors (Lipinski definition) is 3. The summed E-state index contributed by atoms with van der Waals surface area (Å²) in [6, 6.07) is 13.3. The van der Waals surface area contributed by atoms with Crippen LogP contribution in [-0.2, 0) is 9.59 Å². The zero-order valence-electron chi connectivity index (χ0n) is 15.9. The molecule has 2 N–H and O–H groups in total. The van der Waals surface area contributed by atoms with Crippen molar-refractivity contribution in [3.05, 3.63) is 53.1 Å². The Morgan fingerprint density at radius 3 is 2.29 bits per heavy atom. The number of nitrogens with zero attached hydrogens (tertiary/aromatic N) is 1. The molecule has 2 atom stereocenters. The minimum atomic E-state index is -0.290. The minimum Gasteiger partial charge on any atom is -0.372 e. The quantitative estimate of drug-likeness (QED) is 0.782. The summed E-state index contributed by atoms with van der Waals surface area (Å²) < 4.78 is 0. The number of amides is 2. The van der Waals surface area contributed by atoms with E-state index in [0.717, 1.165) is 24.3 Å². The molecular formula is C22H24ClN3O2. The fourth-order valence-electron chi connectivity index (χ4n) is 3.71. The second-order valence-corrected chi connectivity index (χ2v) is 7.99. The Kier molecular flexibility index (Phi) is 5.27. The van der Waals surface area contributed by atoms with Gasteiger partial charge in [0.15, 0.2) is 0 Å². The maximum Gasteiger partial charge on any atom is 0.228 e. The van der Waals surface area contributed by atoms with Crippen molar-refractivity contribution in [1.82, 2.24) is 0 Å². The lowest BCUT2D eigenvalue weighted by atomic mass is 10.2. The fraction of sp³-hybridized carbons (Fsp3) is 0.364. The van der Waals surface area contributed by atoms with Crippen LogP contribution in [0.4, 0.5) is 17.1 Å². The largest absolute Gasteiger partial charge is 0.372 e. The average molecular weight is 398 g/mol. The zero-order valence-corrected chi connectivity index (χ0v) is 16.6. The van der Waals surface area contributed by atoms with E-state index < -0.39 is 0 Å². The molecule has 0 spiro atoms. The van der Waals surface area contributed by atoms with Crippen LogP contribution in [0.3, 0.4) is 0 Å². The maximum absolute atomic E-state index is 12.5.